The number of rotatable bonds is 8. The SMILES string of the molecule is C[C@@H](N)C(=O)NCc1ccc(OCCSc2ccc(Cl)cc2)cc1. The molecule has 24 heavy (non-hydrogen) atoms. The van der Waals surface area contributed by atoms with Crippen LogP contribution in [-0.4, -0.2) is 24.3 Å². The Morgan fingerprint density at radius 1 is 1.21 bits per heavy atom. The molecule has 0 aliphatic carbocycles. The summed E-state index contributed by atoms with van der Waals surface area (Å²) in [5, 5.41) is 3.52. The molecule has 0 saturated heterocycles. The van der Waals surface area contributed by atoms with Gasteiger partial charge in [-0.15, -0.1) is 11.8 Å². The lowest BCUT2D eigenvalue weighted by Crippen LogP contribution is -2.37. The molecule has 6 heteroatoms. The number of amides is 1. The van der Waals surface area contributed by atoms with Crippen LogP contribution in [0.2, 0.25) is 5.02 Å². The van der Waals surface area contributed by atoms with Crippen molar-refractivity contribution in [2.75, 3.05) is 12.4 Å². The number of carbonyl (C=O) groups excluding carboxylic acids is 1. The second-order valence-corrected chi connectivity index (χ2v) is 6.91. The molecule has 0 fully saturated rings. The number of nitrogens with one attached hydrogen (secondary N) is 1. The number of nitrogens with two attached hydrogens (primary N) is 1. The van der Waals surface area contributed by atoms with Crippen LogP contribution >= 0.6 is 23.4 Å². The van der Waals surface area contributed by atoms with Gasteiger partial charge in [0.05, 0.1) is 12.6 Å². The molecule has 1 atom stereocenters. The molecule has 0 aliphatic rings. The Labute approximate surface area is 151 Å². The van der Waals surface area contributed by atoms with E-state index in [1.807, 2.05) is 48.5 Å². The Hall–Kier alpha value is -1.69. The zero-order chi connectivity index (χ0) is 17.4. The third kappa shape index (κ3) is 6.43. The quantitative estimate of drug-likeness (QED) is 0.556. The Balaban J connectivity index is 1.69. The van der Waals surface area contributed by atoms with E-state index in [1.54, 1.807) is 18.7 Å². The van der Waals surface area contributed by atoms with E-state index < -0.39 is 6.04 Å². The average Bonchev–Trinajstić information content (AvgIpc) is 2.59. The van der Waals surface area contributed by atoms with Crippen molar-refractivity contribution < 1.29 is 9.53 Å². The van der Waals surface area contributed by atoms with E-state index in [0.29, 0.717) is 13.2 Å². The van der Waals surface area contributed by atoms with Gasteiger partial charge in [0.2, 0.25) is 5.91 Å². The molecule has 0 heterocycles. The van der Waals surface area contributed by atoms with E-state index in [-0.39, 0.29) is 5.91 Å². The van der Waals surface area contributed by atoms with Crippen LogP contribution in [-0.2, 0) is 11.3 Å². The molecule has 0 aliphatic heterocycles. The molecule has 1 amide bonds. The standard InChI is InChI=1S/C18H21ClN2O2S/c1-13(20)18(22)21-12-14-2-6-16(7-3-14)23-10-11-24-17-8-4-15(19)5-9-17/h2-9,13H,10-12,20H2,1H3,(H,21,22)/t13-/m1/s1. The van der Waals surface area contributed by atoms with Gasteiger partial charge in [0, 0.05) is 22.2 Å². The molecule has 0 bridgehead atoms. The highest BCUT2D eigenvalue weighted by atomic mass is 35.5. The molecule has 4 nitrogen and oxygen atoms in total. The summed E-state index contributed by atoms with van der Waals surface area (Å²) in [5.74, 6) is 1.51. The van der Waals surface area contributed by atoms with Gasteiger partial charge in [-0.2, -0.15) is 0 Å². The summed E-state index contributed by atoms with van der Waals surface area (Å²) in [6, 6.07) is 14.9. The van der Waals surface area contributed by atoms with E-state index in [2.05, 4.69) is 5.32 Å². The number of benzene rings is 2. The zero-order valence-corrected chi connectivity index (χ0v) is 15.1. The smallest absolute Gasteiger partial charge is 0.236 e. The highest BCUT2D eigenvalue weighted by Gasteiger charge is 2.06. The second kappa shape index (κ2) is 9.57. The van der Waals surface area contributed by atoms with Crippen LogP contribution in [0, 0.1) is 0 Å². The van der Waals surface area contributed by atoms with Crippen molar-refractivity contribution in [3.8, 4) is 5.75 Å². The minimum Gasteiger partial charge on any atom is -0.493 e. The Morgan fingerprint density at radius 3 is 2.50 bits per heavy atom. The lowest BCUT2D eigenvalue weighted by atomic mass is 10.2. The maximum atomic E-state index is 11.4. The zero-order valence-electron chi connectivity index (χ0n) is 13.5. The lowest BCUT2D eigenvalue weighted by Gasteiger charge is -2.09. The first kappa shape index (κ1) is 18.6. The van der Waals surface area contributed by atoms with Crippen LogP contribution in [0.1, 0.15) is 12.5 Å². The molecule has 2 rings (SSSR count). The second-order valence-electron chi connectivity index (χ2n) is 5.30. The summed E-state index contributed by atoms with van der Waals surface area (Å²) in [7, 11) is 0. The van der Waals surface area contributed by atoms with Gasteiger partial charge in [0.25, 0.3) is 0 Å². The van der Waals surface area contributed by atoms with E-state index in [4.69, 9.17) is 22.1 Å². The molecule has 0 unspecified atom stereocenters. The molecule has 2 aromatic carbocycles. The minimum atomic E-state index is -0.495. The van der Waals surface area contributed by atoms with Crippen LogP contribution in [0.5, 0.6) is 5.75 Å². The van der Waals surface area contributed by atoms with Crippen LogP contribution < -0.4 is 15.8 Å². The largest absolute Gasteiger partial charge is 0.493 e. The van der Waals surface area contributed by atoms with Gasteiger partial charge < -0.3 is 15.8 Å². The summed E-state index contributed by atoms with van der Waals surface area (Å²) >= 11 is 7.58. The number of carbonyl (C=O) groups is 1. The molecule has 3 N–H and O–H groups in total. The average molecular weight is 365 g/mol. The maximum Gasteiger partial charge on any atom is 0.236 e. The van der Waals surface area contributed by atoms with Crippen molar-refractivity contribution in [2.45, 2.75) is 24.4 Å². The van der Waals surface area contributed by atoms with Gasteiger partial charge in [0.15, 0.2) is 0 Å². The van der Waals surface area contributed by atoms with Gasteiger partial charge in [0.1, 0.15) is 5.75 Å². The van der Waals surface area contributed by atoms with Crippen LogP contribution in [0.15, 0.2) is 53.4 Å². The van der Waals surface area contributed by atoms with Gasteiger partial charge >= 0.3 is 0 Å². The minimum absolute atomic E-state index is 0.158. The van der Waals surface area contributed by atoms with Gasteiger partial charge in [-0.05, 0) is 48.9 Å². The van der Waals surface area contributed by atoms with Crippen molar-refractivity contribution in [1.82, 2.24) is 5.32 Å². The predicted molar refractivity (Wildman–Crippen MR) is 99.6 cm³/mol. The van der Waals surface area contributed by atoms with E-state index in [0.717, 1.165) is 22.1 Å². The molecule has 0 aromatic heterocycles. The molecule has 2 aromatic rings. The van der Waals surface area contributed by atoms with Gasteiger partial charge in [-0.1, -0.05) is 23.7 Å². The van der Waals surface area contributed by atoms with Crippen LogP contribution in [0.4, 0.5) is 0 Å². The van der Waals surface area contributed by atoms with Gasteiger partial charge in [-0.25, -0.2) is 0 Å². The summed E-state index contributed by atoms with van der Waals surface area (Å²) in [4.78, 5) is 12.6. The van der Waals surface area contributed by atoms with Crippen molar-refractivity contribution >= 4 is 29.3 Å². The predicted octanol–water partition coefficient (Wildman–Crippen LogP) is 3.47. The molecular formula is C18H21ClN2O2S. The molecule has 0 radical (unpaired) electrons. The summed E-state index contributed by atoms with van der Waals surface area (Å²) < 4.78 is 5.72. The van der Waals surface area contributed by atoms with Crippen molar-refractivity contribution in [2.24, 2.45) is 5.73 Å². The molecular weight excluding hydrogens is 344 g/mol. The molecule has 128 valence electrons. The number of ether oxygens (including phenoxy) is 1. The first-order valence-corrected chi connectivity index (χ1v) is 9.04. The fourth-order valence-electron chi connectivity index (χ4n) is 1.90. The fraction of sp³-hybridized carbons (Fsp3) is 0.278. The van der Waals surface area contributed by atoms with Crippen molar-refractivity contribution in [3.63, 3.8) is 0 Å². The maximum absolute atomic E-state index is 11.4. The Morgan fingerprint density at radius 2 is 1.88 bits per heavy atom. The molecule has 0 saturated carbocycles. The van der Waals surface area contributed by atoms with E-state index in [1.165, 1.54) is 4.90 Å². The fourth-order valence-corrected chi connectivity index (χ4v) is 2.76. The topological polar surface area (TPSA) is 64.4 Å². The van der Waals surface area contributed by atoms with Crippen LogP contribution in [0.3, 0.4) is 0 Å². The number of hydrogen-bond acceptors (Lipinski definition) is 4. The van der Waals surface area contributed by atoms with Crippen molar-refractivity contribution in [3.05, 3.63) is 59.1 Å². The van der Waals surface area contributed by atoms with Crippen molar-refractivity contribution in [1.29, 1.82) is 0 Å². The van der Waals surface area contributed by atoms with Crippen LogP contribution in [0.25, 0.3) is 0 Å². The van der Waals surface area contributed by atoms with E-state index >= 15 is 0 Å². The number of halogens is 1. The lowest BCUT2D eigenvalue weighted by molar-refractivity contribution is -0.122. The number of thioether (sulfide) groups is 1. The third-order valence-corrected chi connectivity index (χ3v) is 4.47. The Kier molecular flexibility index (Phi) is 7.43. The highest BCUT2D eigenvalue weighted by Crippen LogP contribution is 2.20. The van der Waals surface area contributed by atoms with Gasteiger partial charge in [-0.3, -0.25) is 4.79 Å². The first-order chi connectivity index (χ1) is 11.5. The normalized spacial score (nSPS) is 11.8. The highest BCUT2D eigenvalue weighted by molar-refractivity contribution is 7.99. The first-order valence-electron chi connectivity index (χ1n) is 7.68. The van der Waals surface area contributed by atoms with E-state index in [9.17, 15) is 4.79 Å². The molecule has 0 spiro atoms. The third-order valence-electron chi connectivity index (χ3n) is 3.24. The summed E-state index contributed by atoms with van der Waals surface area (Å²) in [6.45, 7) is 2.75. The monoisotopic (exact) mass is 364 g/mol. The number of hydrogen-bond donors (Lipinski definition) is 2. The summed E-state index contributed by atoms with van der Waals surface area (Å²) in [5.41, 5.74) is 6.51. The Bertz CT molecular complexity index is 645. The summed E-state index contributed by atoms with van der Waals surface area (Å²) in [6.07, 6.45) is 0.